The molecular weight excluding hydrogens is 318 g/mol. The molecule has 0 bridgehead atoms. The van der Waals surface area contributed by atoms with Crippen LogP contribution in [0, 0.1) is 5.92 Å². The predicted molar refractivity (Wildman–Crippen MR) is 85.1 cm³/mol. The smallest absolute Gasteiger partial charge is 0.225 e. The van der Waals surface area contributed by atoms with Crippen molar-refractivity contribution in [1.29, 1.82) is 0 Å². The molecule has 1 atom stereocenters. The van der Waals surface area contributed by atoms with Crippen molar-refractivity contribution in [2.24, 2.45) is 5.92 Å². The molecule has 0 aromatic rings. The van der Waals surface area contributed by atoms with Gasteiger partial charge in [0.15, 0.2) is 0 Å². The van der Waals surface area contributed by atoms with Crippen molar-refractivity contribution in [2.75, 3.05) is 18.4 Å². The quantitative estimate of drug-likeness (QED) is 0.713. The molecule has 0 aromatic carbocycles. The second kappa shape index (κ2) is 7.26. The molecule has 0 aromatic heterocycles. The maximum absolute atomic E-state index is 12.8. The van der Waals surface area contributed by atoms with Crippen LogP contribution < -0.4 is 0 Å². The van der Waals surface area contributed by atoms with Crippen molar-refractivity contribution in [3.63, 3.8) is 0 Å². The number of hydrogen-bond acceptors (Lipinski definition) is 2. The van der Waals surface area contributed by atoms with Crippen LogP contribution in [0.1, 0.15) is 58.8 Å². The fourth-order valence-corrected chi connectivity index (χ4v) is 3.84. The third-order valence-electron chi connectivity index (χ3n) is 4.42. The Kier molecular flexibility index (Phi) is 5.91. The highest BCUT2D eigenvalue weighted by atomic mass is 79.9. The van der Waals surface area contributed by atoms with Gasteiger partial charge in [-0.25, -0.2) is 0 Å². The summed E-state index contributed by atoms with van der Waals surface area (Å²) < 4.78 is 5.99. The number of ether oxygens (including phenoxy) is 1. The molecule has 3 nitrogen and oxygen atoms in total. The van der Waals surface area contributed by atoms with Gasteiger partial charge < -0.3 is 9.64 Å². The highest BCUT2D eigenvalue weighted by Gasteiger charge is 2.37. The summed E-state index contributed by atoms with van der Waals surface area (Å²) in [6, 6.07) is 0. The van der Waals surface area contributed by atoms with Crippen LogP contribution in [0.3, 0.4) is 0 Å². The lowest BCUT2D eigenvalue weighted by Gasteiger charge is -2.43. The van der Waals surface area contributed by atoms with Crippen molar-refractivity contribution < 1.29 is 9.53 Å². The van der Waals surface area contributed by atoms with Crippen LogP contribution in [-0.2, 0) is 9.53 Å². The third-order valence-corrected chi connectivity index (χ3v) is 5.14. The third kappa shape index (κ3) is 4.45. The number of morpholine rings is 1. The van der Waals surface area contributed by atoms with Gasteiger partial charge in [0.05, 0.1) is 11.7 Å². The molecule has 1 heterocycles. The lowest BCUT2D eigenvalue weighted by Crippen LogP contribution is -2.56. The van der Waals surface area contributed by atoms with Crippen LogP contribution in [-0.4, -0.2) is 40.9 Å². The Labute approximate surface area is 131 Å². The minimum absolute atomic E-state index is 0.122. The van der Waals surface area contributed by atoms with E-state index in [1.54, 1.807) is 0 Å². The molecule has 1 amide bonds. The molecule has 20 heavy (non-hydrogen) atoms. The largest absolute Gasteiger partial charge is 0.368 e. The minimum Gasteiger partial charge on any atom is -0.368 e. The van der Waals surface area contributed by atoms with Crippen molar-refractivity contribution in [2.45, 2.75) is 70.5 Å². The Hall–Kier alpha value is -0.0900. The van der Waals surface area contributed by atoms with Crippen LogP contribution in [0.5, 0.6) is 0 Å². The van der Waals surface area contributed by atoms with Crippen LogP contribution in [0.2, 0.25) is 0 Å². The Bertz CT molecular complexity index is 324. The summed E-state index contributed by atoms with van der Waals surface area (Å²) in [6.07, 6.45) is 8.64. The minimum atomic E-state index is -0.228. The van der Waals surface area contributed by atoms with Crippen LogP contribution >= 0.6 is 15.9 Å². The summed E-state index contributed by atoms with van der Waals surface area (Å²) in [6.45, 7) is 5.64. The molecule has 116 valence electrons. The lowest BCUT2D eigenvalue weighted by molar-refractivity contribution is -0.161. The second-order valence-corrected chi connectivity index (χ2v) is 7.56. The van der Waals surface area contributed by atoms with E-state index >= 15 is 0 Å². The second-order valence-electron chi connectivity index (χ2n) is 6.91. The van der Waals surface area contributed by atoms with E-state index in [-0.39, 0.29) is 17.6 Å². The molecular formula is C16H28BrNO2. The van der Waals surface area contributed by atoms with Gasteiger partial charge in [0, 0.05) is 24.3 Å². The maximum Gasteiger partial charge on any atom is 0.225 e. The van der Waals surface area contributed by atoms with Gasteiger partial charge in [-0.2, -0.15) is 0 Å². The molecule has 0 radical (unpaired) electrons. The maximum atomic E-state index is 12.8. The predicted octanol–water partition coefficient (Wildman–Crippen LogP) is 3.75. The first-order chi connectivity index (χ1) is 9.52. The van der Waals surface area contributed by atoms with E-state index in [9.17, 15) is 4.79 Å². The molecule has 1 unspecified atom stereocenters. The fraction of sp³-hybridized carbons (Fsp3) is 0.938. The summed E-state index contributed by atoms with van der Waals surface area (Å²) in [5.74, 6) is 0.620. The SMILES string of the molecule is CC1(C)CN(C(=O)C2CCCCCCC2)CC(CBr)O1. The Morgan fingerprint density at radius 2 is 1.80 bits per heavy atom. The molecule has 2 fully saturated rings. The zero-order valence-electron chi connectivity index (χ0n) is 12.9. The van der Waals surface area contributed by atoms with E-state index < -0.39 is 0 Å². The molecule has 4 heteroatoms. The van der Waals surface area contributed by atoms with Gasteiger partial charge in [0.25, 0.3) is 0 Å². The zero-order valence-corrected chi connectivity index (χ0v) is 14.5. The van der Waals surface area contributed by atoms with Gasteiger partial charge >= 0.3 is 0 Å². The summed E-state index contributed by atoms with van der Waals surface area (Å²) in [5.41, 5.74) is -0.228. The van der Waals surface area contributed by atoms with Crippen molar-refractivity contribution >= 4 is 21.8 Å². The molecule has 1 aliphatic carbocycles. The fourth-order valence-electron chi connectivity index (χ4n) is 3.51. The Morgan fingerprint density at radius 1 is 1.20 bits per heavy atom. The van der Waals surface area contributed by atoms with Crippen LogP contribution in [0.15, 0.2) is 0 Å². The highest BCUT2D eigenvalue weighted by molar-refractivity contribution is 9.09. The van der Waals surface area contributed by atoms with Gasteiger partial charge in [0.2, 0.25) is 5.91 Å². The van der Waals surface area contributed by atoms with E-state index in [2.05, 4.69) is 34.7 Å². The highest BCUT2D eigenvalue weighted by Crippen LogP contribution is 2.28. The number of nitrogens with zero attached hydrogens (tertiary/aromatic N) is 1. The number of amides is 1. The van der Waals surface area contributed by atoms with Crippen LogP contribution in [0.25, 0.3) is 0 Å². The number of carbonyl (C=O) groups excluding carboxylic acids is 1. The van der Waals surface area contributed by atoms with Crippen molar-refractivity contribution in [3.05, 3.63) is 0 Å². The lowest BCUT2D eigenvalue weighted by atomic mass is 9.89. The number of rotatable bonds is 2. The first-order valence-electron chi connectivity index (χ1n) is 8.04. The number of carbonyl (C=O) groups is 1. The average Bonchev–Trinajstić information content (AvgIpc) is 2.35. The van der Waals surface area contributed by atoms with E-state index in [4.69, 9.17) is 4.74 Å². The first-order valence-corrected chi connectivity index (χ1v) is 9.16. The van der Waals surface area contributed by atoms with Crippen molar-refractivity contribution in [1.82, 2.24) is 4.90 Å². The van der Waals surface area contributed by atoms with Crippen molar-refractivity contribution in [3.8, 4) is 0 Å². The van der Waals surface area contributed by atoms with Gasteiger partial charge in [-0.15, -0.1) is 0 Å². The topological polar surface area (TPSA) is 29.5 Å². The zero-order chi connectivity index (χ0) is 14.6. The molecule has 2 rings (SSSR count). The number of alkyl halides is 1. The molecule has 0 N–H and O–H groups in total. The molecule has 1 saturated carbocycles. The van der Waals surface area contributed by atoms with Gasteiger partial charge in [-0.05, 0) is 26.7 Å². The molecule has 1 aliphatic heterocycles. The van der Waals surface area contributed by atoms with Crippen LogP contribution in [0.4, 0.5) is 0 Å². The van der Waals surface area contributed by atoms with E-state index in [0.717, 1.165) is 31.3 Å². The van der Waals surface area contributed by atoms with E-state index in [1.807, 2.05) is 0 Å². The number of hydrogen-bond donors (Lipinski definition) is 0. The standard InChI is InChI=1S/C16H28BrNO2/c1-16(2)12-18(11-14(10-17)20-16)15(19)13-8-6-4-3-5-7-9-13/h13-14H,3-12H2,1-2H3. The van der Waals surface area contributed by atoms with E-state index in [0.29, 0.717) is 5.91 Å². The normalized spacial score (nSPS) is 28.8. The Balaban J connectivity index is 1.98. The summed E-state index contributed by atoms with van der Waals surface area (Å²) in [5, 5.41) is 0.797. The Morgan fingerprint density at radius 3 is 2.40 bits per heavy atom. The molecule has 2 aliphatic rings. The number of halogens is 1. The molecule has 0 spiro atoms. The first kappa shape index (κ1) is 16.3. The van der Waals surface area contributed by atoms with Gasteiger partial charge in [0.1, 0.15) is 0 Å². The van der Waals surface area contributed by atoms with Gasteiger partial charge in [-0.3, -0.25) is 4.79 Å². The summed E-state index contributed by atoms with van der Waals surface area (Å²) >= 11 is 3.50. The monoisotopic (exact) mass is 345 g/mol. The van der Waals surface area contributed by atoms with Gasteiger partial charge in [-0.1, -0.05) is 48.0 Å². The van der Waals surface area contributed by atoms with E-state index in [1.165, 1.54) is 32.1 Å². The summed E-state index contributed by atoms with van der Waals surface area (Å²) in [4.78, 5) is 14.9. The summed E-state index contributed by atoms with van der Waals surface area (Å²) in [7, 11) is 0. The average molecular weight is 346 g/mol. The molecule has 1 saturated heterocycles.